The van der Waals surface area contributed by atoms with Crippen LogP contribution in [-0.2, 0) is 20.8 Å². The van der Waals surface area contributed by atoms with Gasteiger partial charge in [-0.2, -0.15) is 13.2 Å². The van der Waals surface area contributed by atoms with Crippen LogP contribution in [0.4, 0.5) is 13.2 Å². The second kappa shape index (κ2) is 10.2. The van der Waals surface area contributed by atoms with Gasteiger partial charge in [0.05, 0.1) is 25.7 Å². The number of hydrogen-bond donors (Lipinski definition) is 1. The molecule has 3 fully saturated rings. The number of carbonyl (C=O) groups is 1. The van der Waals surface area contributed by atoms with Gasteiger partial charge in [-0.1, -0.05) is 0 Å². The molecule has 1 aromatic heterocycles. The van der Waals surface area contributed by atoms with E-state index in [0.717, 1.165) is 38.9 Å². The molecule has 1 aliphatic carbocycles. The van der Waals surface area contributed by atoms with E-state index in [-0.39, 0.29) is 0 Å². The molecule has 2 aliphatic heterocycles. The Bertz CT molecular complexity index is 652. The fourth-order valence-electron chi connectivity index (χ4n) is 4.22. The van der Waals surface area contributed by atoms with Gasteiger partial charge in [0.1, 0.15) is 0 Å². The molecule has 1 aromatic rings. The van der Waals surface area contributed by atoms with Crippen LogP contribution in [0.15, 0.2) is 23.0 Å². The Hall–Kier alpha value is -1.58. The molecule has 0 aromatic carbocycles. The molecule has 1 N–H and O–H groups in total. The minimum Gasteiger partial charge on any atom is -0.475 e. The largest absolute Gasteiger partial charge is 0.490 e. The van der Waals surface area contributed by atoms with Gasteiger partial charge in [0.25, 0.3) is 0 Å². The molecule has 1 spiro atoms. The van der Waals surface area contributed by atoms with Gasteiger partial charge < -0.3 is 19.0 Å². The fourth-order valence-corrected chi connectivity index (χ4v) is 4.22. The third-order valence-corrected chi connectivity index (χ3v) is 6.38. The molecule has 170 valence electrons. The van der Waals surface area contributed by atoms with Crippen LogP contribution < -0.4 is 0 Å². The first kappa shape index (κ1) is 23.1. The summed E-state index contributed by atoms with van der Waals surface area (Å²) in [4.78, 5) is 11.5. The van der Waals surface area contributed by atoms with Crippen molar-refractivity contribution in [2.75, 3.05) is 39.5 Å². The smallest absolute Gasteiger partial charge is 0.475 e. The summed E-state index contributed by atoms with van der Waals surface area (Å²) in [6, 6.07) is 2.08. The first-order chi connectivity index (χ1) is 14.3. The first-order valence-corrected chi connectivity index (χ1v) is 10.5. The highest BCUT2D eigenvalue weighted by Crippen LogP contribution is 2.45. The monoisotopic (exact) mass is 433 g/mol. The molecule has 0 amide bonds. The number of piperidine rings is 1. The third kappa shape index (κ3) is 6.72. The Kier molecular flexibility index (Phi) is 7.81. The average molecular weight is 433 g/mol. The summed E-state index contributed by atoms with van der Waals surface area (Å²) in [5, 5.41) is 7.12. The summed E-state index contributed by atoms with van der Waals surface area (Å²) < 4.78 is 48.7. The maximum Gasteiger partial charge on any atom is 0.490 e. The van der Waals surface area contributed by atoms with E-state index >= 15 is 0 Å². The minimum atomic E-state index is -5.08. The molecule has 1 unspecified atom stereocenters. The fraction of sp³-hybridized carbons (Fsp3) is 0.762. The van der Waals surface area contributed by atoms with E-state index in [1.165, 1.54) is 50.8 Å². The predicted octanol–water partition coefficient (Wildman–Crippen LogP) is 3.96. The Labute approximate surface area is 174 Å². The van der Waals surface area contributed by atoms with Crippen molar-refractivity contribution >= 4 is 5.97 Å². The van der Waals surface area contributed by atoms with E-state index in [2.05, 4.69) is 11.0 Å². The molecular weight excluding hydrogens is 403 g/mol. The summed E-state index contributed by atoms with van der Waals surface area (Å²) in [5.41, 5.74) is 1.74. The number of rotatable bonds is 6. The summed E-state index contributed by atoms with van der Waals surface area (Å²) in [6.45, 7) is 7.09. The van der Waals surface area contributed by atoms with Gasteiger partial charge in [0.15, 0.2) is 0 Å². The number of alkyl halides is 3. The molecule has 1 saturated carbocycles. The van der Waals surface area contributed by atoms with Crippen LogP contribution >= 0.6 is 0 Å². The van der Waals surface area contributed by atoms with Gasteiger partial charge >= 0.3 is 12.1 Å². The third-order valence-electron chi connectivity index (χ3n) is 6.38. The lowest BCUT2D eigenvalue weighted by Crippen LogP contribution is -2.49. The predicted molar refractivity (Wildman–Crippen MR) is 102 cm³/mol. The van der Waals surface area contributed by atoms with E-state index in [4.69, 9.17) is 23.8 Å². The van der Waals surface area contributed by atoms with Crippen LogP contribution in [0.25, 0.3) is 0 Å². The topological polar surface area (TPSA) is 72.1 Å². The van der Waals surface area contributed by atoms with Crippen LogP contribution in [-0.4, -0.2) is 61.7 Å². The lowest BCUT2D eigenvalue weighted by Gasteiger charge is -2.49. The lowest BCUT2D eigenvalue weighted by atomic mass is 9.66. The van der Waals surface area contributed by atoms with Crippen molar-refractivity contribution in [3.05, 3.63) is 24.2 Å². The van der Waals surface area contributed by atoms with E-state index in [1.807, 2.05) is 6.26 Å². The second-order valence-corrected chi connectivity index (χ2v) is 8.58. The standard InChI is InChI=1S/C19H29NO3.C2HF3O2/c1-2-16(1)12-23-15-18-14-22-10-6-19(18)4-7-20(8-5-19)11-17-3-9-21-13-17;3-2(4,5)1(6)7/h3,9,13,16,18H,1-2,4-8,10-12,14-15H2;(H,6,7). The highest BCUT2D eigenvalue weighted by molar-refractivity contribution is 5.73. The van der Waals surface area contributed by atoms with E-state index in [1.54, 1.807) is 6.26 Å². The zero-order valence-electron chi connectivity index (χ0n) is 17.0. The number of carboxylic acids is 1. The SMILES string of the molecule is O=C(O)C(F)(F)F.c1cc(CN2CCC3(CCOCC3COCC3CC3)CC2)co1. The van der Waals surface area contributed by atoms with Crippen LogP contribution in [0.2, 0.25) is 0 Å². The van der Waals surface area contributed by atoms with Crippen LogP contribution in [0, 0.1) is 17.3 Å². The van der Waals surface area contributed by atoms with E-state index < -0.39 is 12.1 Å². The van der Waals surface area contributed by atoms with Crippen LogP contribution in [0.3, 0.4) is 0 Å². The van der Waals surface area contributed by atoms with E-state index in [9.17, 15) is 13.2 Å². The van der Waals surface area contributed by atoms with Crippen LogP contribution in [0.1, 0.15) is 37.7 Å². The number of nitrogens with zero attached hydrogens (tertiary/aromatic N) is 1. The second-order valence-electron chi connectivity index (χ2n) is 8.58. The molecular formula is C21H30F3NO5. The highest BCUT2D eigenvalue weighted by Gasteiger charge is 2.43. The summed E-state index contributed by atoms with van der Waals surface area (Å²) >= 11 is 0. The van der Waals surface area contributed by atoms with Crippen molar-refractivity contribution < 1.29 is 37.0 Å². The Morgan fingerprint density at radius 2 is 1.93 bits per heavy atom. The summed E-state index contributed by atoms with van der Waals surface area (Å²) in [7, 11) is 0. The molecule has 9 heteroatoms. The van der Waals surface area contributed by atoms with Gasteiger partial charge in [-0.05, 0) is 62.6 Å². The Morgan fingerprint density at radius 3 is 2.50 bits per heavy atom. The van der Waals surface area contributed by atoms with E-state index in [0.29, 0.717) is 11.3 Å². The molecule has 2 saturated heterocycles. The van der Waals surface area contributed by atoms with Crippen molar-refractivity contribution in [2.24, 2.45) is 17.3 Å². The Morgan fingerprint density at radius 1 is 1.23 bits per heavy atom. The van der Waals surface area contributed by atoms with Crippen molar-refractivity contribution in [3.8, 4) is 0 Å². The normalized spacial score (nSPS) is 24.3. The number of aliphatic carboxylic acids is 1. The van der Waals surface area contributed by atoms with Crippen molar-refractivity contribution in [2.45, 2.75) is 44.8 Å². The Balaban J connectivity index is 0.000000318. The molecule has 1 atom stereocenters. The van der Waals surface area contributed by atoms with Crippen molar-refractivity contribution in [1.82, 2.24) is 4.90 Å². The van der Waals surface area contributed by atoms with Crippen molar-refractivity contribution in [3.63, 3.8) is 0 Å². The molecule has 6 nitrogen and oxygen atoms in total. The molecule has 3 heterocycles. The minimum absolute atomic E-state index is 0.453. The molecule has 0 bridgehead atoms. The summed E-state index contributed by atoms with van der Waals surface area (Å²) in [5.74, 6) is -1.31. The van der Waals surface area contributed by atoms with Gasteiger partial charge in [0.2, 0.25) is 0 Å². The van der Waals surface area contributed by atoms with Gasteiger partial charge in [-0.15, -0.1) is 0 Å². The van der Waals surface area contributed by atoms with Gasteiger partial charge in [0, 0.05) is 31.2 Å². The molecule has 0 radical (unpaired) electrons. The molecule has 30 heavy (non-hydrogen) atoms. The number of furan rings is 1. The number of halogens is 3. The maximum absolute atomic E-state index is 10.6. The van der Waals surface area contributed by atoms with Gasteiger partial charge in [-0.3, -0.25) is 4.90 Å². The zero-order chi connectivity index (χ0) is 21.6. The number of ether oxygens (including phenoxy) is 2. The number of hydrogen-bond acceptors (Lipinski definition) is 5. The van der Waals surface area contributed by atoms with Crippen LogP contribution in [0.5, 0.6) is 0 Å². The lowest BCUT2D eigenvalue weighted by molar-refractivity contribution is -0.192. The van der Waals surface area contributed by atoms with Crippen molar-refractivity contribution in [1.29, 1.82) is 0 Å². The maximum atomic E-state index is 10.6. The number of carboxylic acid groups (broad SMARTS) is 1. The quantitative estimate of drug-likeness (QED) is 0.732. The number of likely N-dealkylation sites (tertiary alicyclic amines) is 1. The summed E-state index contributed by atoms with van der Waals surface area (Å²) in [6.07, 6.45) is 5.08. The zero-order valence-corrected chi connectivity index (χ0v) is 17.0. The molecule has 4 rings (SSSR count). The average Bonchev–Trinajstić information content (AvgIpc) is 3.39. The highest BCUT2D eigenvalue weighted by atomic mass is 19.4. The van der Waals surface area contributed by atoms with Gasteiger partial charge in [-0.25, -0.2) is 4.79 Å². The first-order valence-electron chi connectivity index (χ1n) is 10.5. The molecule has 3 aliphatic rings.